The summed E-state index contributed by atoms with van der Waals surface area (Å²) in [5, 5.41) is 11.2. The van der Waals surface area contributed by atoms with Gasteiger partial charge in [0.2, 0.25) is 13.4 Å². The molecule has 0 N–H and O–H groups in total. The van der Waals surface area contributed by atoms with E-state index in [0.29, 0.717) is 0 Å². The van der Waals surface area contributed by atoms with Gasteiger partial charge >= 0.3 is 0 Å². The quantitative estimate of drug-likeness (QED) is 0.102. The third kappa shape index (κ3) is 7.65. The minimum Gasteiger partial charge on any atom is -0.313 e. The lowest BCUT2D eigenvalue weighted by atomic mass is 9.29. The third-order valence-corrected chi connectivity index (χ3v) is 26.8. The second kappa shape index (κ2) is 19.4. The summed E-state index contributed by atoms with van der Waals surface area (Å²) >= 11 is 0. The minimum atomic E-state index is -2.79. The average molecular weight is 1020 g/mol. The molecular weight excluding hydrogens is 957 g/mol. The number of hydrogen-bond acceptors (Lipinski definition) is 1. The Kier molecular flexibility index (Phi) is 12.2. The molecule has 1 nitrogen and oxygen atoms in total. The van der Waals surface area contributed by atoms with Crippen LogP contribution in [0.3, 0.4) is 0 Å². The molecule has 2 aliphatic heterocycles. The van der Waals surface area contributed by atoms with Crippen molar-refractivity contribution in [2.75, 3.05) is 4.90 Å². The highest BCUT2D eigenvalue weighted by Crippen LogP contribution is 2.38. The second-order valence-corrected chi connectivity index (χ2v) is 29.5. The number of rotatable bonds is 10. The minimum absolute atomic E-state index is 0.0119. The van der Waals surface area contributed by atoms with Crippen LogP contribution in [-0.4, -0.2) is 29.6 Å². The topological polar surface area (TPSA) is 3.24 Å². The van der Waals surface area contributed by atoms with Crippen LogP contribution in [0.4, 0.5) is 17.1 Å². The van der Waals surface area contributed by atoms with Gasteiger partial charge < -0.3 is 4.90 Å². The van der Waals surface area contributed by atoms with E-state index in [9.17, 15) is 0 Å². The Labute approximate surface area is 458 Å². The molecule has 11 aromatic rings. The van der Waals surface area contributed by atoms with Gasteiger partial charge in [0.05, 0.1) is 0 Å². The van der Waals surface area contributed by atoms with Crippen molar-refractivity contribution >= 4 is 121 Å². The Bertz CT molecular complexity index is 3500. The smallest absolute Gasteiger partial charge is 0.247 e. The van der Waals surface area contributed by atoms with Gasteiger partial charge in [-0.05, 0) is 117 Å². The Morgan fingerprint density at radius 3 is 0.805 bits per heavy atom. The van der Waals surface area contributed by atoms with Crippen molar-refractivity contribution < 1.29 is 0 Å². The molecule has 0 saturated carbocycles. The Hall–Kier alpha value is -8.22. The lowest BCUT2D eigenvalue weighted by Crippen LogP contribution is -2.75. The van der Waals surface area contributed by atoms with Crippen molar-refractivity contribution in [1.29, 1.82) is 0 Å². The fraction of sp³-hybridized carbons (Fsp3) is 0.0833. The summed E-state index contributed by atoms with van der Waals surface area (Å²) in [6, 6.07) is 100. The molecular formula is C72H61B2NSi2. The van der Waals surface area contributed by atoms with Crippen LogP contribution in [0.1, 0.15) is 33.4 Å². The second-order valence-electron chi connectivity index (χ2n) is 21.9. The van der Waals surface area contributed by atoms with Crippen LogP contribution in [0, 0.1) is 41.5 Å². The summed E-state index contributed by atoms with van der Waals surface area (Å²) < 4.78 is 0. The molecule has 77 heavy (non-hydrogen) atoms. The van der Waals surface area contributed by atoms with Crippen LogP contribution in [0.25, 0.3) is 0 Å². The van der Waals surface area contributed by atoms with Crippen molar-refractivity contribution in [2.45, 2.75) is 41.5 Å². The summed E-state index contributed by atoms with van der Waals surface area (Å²) in [4.78, 5) is 2.63. The molecule has 0 unspecified atom stereocenters. The largest absolute Gasteiger partial charge is 0.313 e. The highest BCUT2D eigenvalue weighted by atomic mass is 28.3. The normalized spacial score (nSPS) is 12.7. The zero-order valence-corrected chi connectivity index (χ0v) is 46.9. The summed E-state index contributed by atoms with van der Waals surface area (Å²) in [6.07, 6.45) is 0. The maximum Gasteiger partial charge on any atom is 0.247 e. The van der Waals surface area contributed by atoms with Crippen LogP contribution >= 0.6 is 0 Å². The van der Waals surface area contributed by atoms with Gasteiger partial charge in [-0.15, -0.1) is 0 Å². The lowest BCUT2D eigenvalue weighted by molar-refractivity contribution is 1.28. The van der Waals surface area contributed by atoms with E-state index in [0.717, 1.165) is 0 Å². The van der Waals surface area contributed by atoms with Crippen molar-refractivity contribution in [3.8, 4) is 0 Å². The summed E-state index contributed by atoms with van der Waals surface area (Å²) in [7, 11) is -5.57. The summed E-state index contributed by atoms with van der Waals surface area (Å²) in [5.74, 6) is 0. The molecule has 0 amide bonds. The van der Waals surface area contributed by atoms with Gasteiger partial charge in [-0.3, -0.25) is 0 Å². The fourth-order valence-electron chi connectivity index (χ4n) is 14.3. The van der Waals surface area contributed by atoms with Gasteiger partial charge in [-0.1, -0.05) is 293 Å². The first-order chi connectivity index (χ1) is 37.7. The number of anilines is 3. The van der Waals surface area contributed by atoms with Crippen LogP contribution in [0.2, 0.25) is 0 Å². The molecule has 0 radical (unpaired) electrons. The molecule has 368 valence electrons. The molecule has 0 spiro atoms. The molecule has 0 aliphatic carbocycles. The SMILES string of the molecule is Cc1ccc2c(c1)B(c1c(C)cc([Si](c3ccccc3)(c3ccccc3)c3ccccc3)cc1C)c1cccc3c1N2c1ccc(C)cc1B3c1c(C)cc([Si](c2ccccc2)(c2ccccc2)c2ccccc2)cc1C. The highest BCUT2D eigenvalue weighted by Gasteiger charge is 2.48. The van der Waals surface area contributed by atoms with E-state index in [2.05, 4.69) is 307 Å². The van der Waals surface area contributed by atoms with Crippen LogP contribution < -0.4 is 79.2 Å². The number of aryl methyl sites for hydroxylation is 6. The van der Waals surface area contributed by atoms with Crippen LogP contribution in [0.5, 0.6) is 0 Å². The molecule has 0 fully saturated rings. The molecule has 0 atom stereocenters. The zero-order valence-electron chi connectivity index (χ0n) is 44.9. The number of para-hydroxylation sites is 1. The number of fused-ring (bicyclic) bond motifs is 4. The van der Waals surface area contributed by atoms with E-state index in [1.807, 2.05) is 0 Å². The van der Waals surface area contributed by atoms with Crippen molar-refractivity contribution in [3.63, 3.8) is 0 Å². The Morgan fingerprint density at radius 2 is 0.532 bits per heavy atom. The van der Waals surface area contributed by atoms with Gasteiger partial charge in [0.1, 0.15) is 0 Å². The number of hydrogen-bond donors (Lipinski definition) is 0. The third-order valence-electron chi connectivity index (χ3n) is 17.3. The molecule has 0 bridgehead atoms. The molecule has 5 heteroatoms. The molecule has 11 aromatic carbocycles. The highest BCUT2D eigenvalue weighted by molar-refractivity contribution is 7.20. The number of nitrogens with zero attached hydrogens (tertiary/aromatic N) is 1. The van der Waals surface area contributed by atoms with Crippen LogP contribution in [0.15, 0.2) is 261 Å². The van der Waals surface area contributed by atoms with Gasteiger partial charge in [-0.2, -0.15) is 0 Å². The lowest BCUT2D eigenvalue weighted by Gasteiger charge is -2.45. The van der Waals surface area contributed by atoms with E-state index in [1.54, 1.807) is 0 Å². The predicted octanol–water partition coefficient (Wildman–Crippen LogP) is 7.42. The van der Waals surface area contributed by atoms with Gasteiger partial charge in [0.15, 0.2) is 16.1 Å². The Balaban J connectivity index is 1.04. The summed E-state index contributed by atoms with van der Waals surface area (Å²) in [6.45, 7) is 14.1. The van der Waals surface area contributed by atoms with Crippen molar-refractivity contribution in [2.24, 2.45) is 0 Å². The van der Waals surface area contributed by atoms with Crippen molar-refractivity contribution in [1.82, 2.24) is 0 Å². The molecule has 13 rings (SSSR count). The van der Waals surface area contributed by atoms with E-state index >= 15 is 0 Å². The Morgan fingerprint density at radius 1 is 0.260 bits per heavy atom. The first-order valence-electron chi connectivity index (χ1n) is 27.4. The van der Waals surface area contributed by atoms with E-state index < -0.39 is 16.1 Å². The number of benzene rings is 11. The fourth-order valence-corrected chi connectivity index (χ4v) is 24.2. The summed E-state index contributed by atoms with van der Waals surface area (Å²) in [5.41, 5.74) is 20.0. The molecule has 0 saturated heterocycles. The van der Waals surface area contributed by atoms with E-state index in [4.69, 9.17) is 0 Å². The zero-order chi connectivity index (χ0) is 52.4. The maximum atomic E-state index is 2.63. The standard InChI is InChI=1S/C72H61B2NSi2/c1-50-40-42-68-66(44-50)73(70-52(3)46-62(47-53(70)4)76(56-26-13-7-14-27-56,57-28-15-8-16-29-57)58-30-17-9-18-31-58)64-38-25-39-65-72(64)75(68)69-43-41-51(2)45-67(69)74(65)71-54(5)48-63(49-55(71)6)77(59-32-19-10-20-33-59,60-34-21-11-22-35-60)61-36-23-12-24-37-61/h7-49H,1-6H3. The maximum absolute atomic E-state index is 2.79. The van der Waals surface area contributed by atoms with Crippen molar-refractivity contribution in [3.05, 3.63) is 294 Å². The van der Waals surface area contributed by atoms with Gasteiger partial charge in [0.25, 0.3) is 0 Å². The first-order valence-corrected chi connectivity index (χ1v) is 31.4. The van der Waals surface area contributed by atoms with Gasteiger partial charge in [0, 0.05) is 17.1 Å². The molecule has 2 heterocycles. The first kappa shape index (κ1) is 48.4. The van der Waals surface area contributed by atoms with E-state index in [-0.39, 0.29) is 13.4 Å². The predicted molar refractivity (Wildman–Crippen MR) is 339 cm³/mol. The average Bonchev–Trinajstić information content (AvgIpc) is 3.61. The molecule has 2 aliphatic rings. The van der Waals surface area contributed by atoms with Gasteiger partial charge in [-0.25, -0.2) is 0 Å². The monoisotopic (exact) mass is 1020 g/mol. The van der Waals surface area contributed by atoms with Crippen LogP contribution in [-0.2, 0) is 0 Å². The molecule has 0 aromatic heterocycles. The van der Waals surface area contributed by atoms with E-state index in [1.165, 1.54) is 125 Å².